The normalized spacial score (nSPS) is 10.4. The largest absolute Gasteiger partial charge is 0.384 e. The van der Waals surface area contributed by atoms with Gasteiger partial charge >= 0.3 is 0 Å². The number of nitrogen functional groups attached to an aromatic ring is 1. The predicted molar refractivity (Wildman–Crippen MR) is 64.7 cm³/mol. The highest BCUT2D eigenvalue weighted by Crippen LogP contribution is 2.20. The molecule has 0 aliphatic rings. The topological polar surface area (TPSA) is 38.9 Å². The zero-order chi connectivity index (χ0) is 10.4. The van der Waals surface area contributed by atoms with Gasteiger partial charge in [0, 0.05) is 5.75 Å². The molecule has 0 aliphatic carbocycles. The Balaban J connectivity index is 2.45. The monoisotopic (exact) mass is 230 g/mol. The van der Waals surface area contributed by atoms with Crippen LogP contribution in [0.25, 0.3) is 0 Å². The van der Waals surface area contributed by atoms with Crippen LogP contribution in [0.1, 0.15) is 25.5 Å². The van der Waals surface area contributed by atoms with E-state index in [1.807, 2.05) is 11.8 Å². The molecule has 14 heavy (non-hydrogen) atoms. The van der Waals surface area contributed by atoms with Crippen LogP contribution in [-0.4, -0.2) is 10.7 Å². The van der Waals surface area contributed by atoms with Crippen molar-refractivity contribution in [3.63, 3.8) is 0 Å². The van der Waals surface area contributed by atoms with E-state index in [-0.39, 0.29) is 0 Å². The lowest BCUT2D eigenvalue weighted by molar-refractivity contribution is 0.895. The summed E-state index contributed by atoms with van der Waals surface area (Å²) in [6, 6.07) is 3.53. The number of hydrogen-bond donors (Lipinski definition) is 1. The standard InChI is InChI=1S/C10H15ClN2S/c1-2-3-6-14-7-9-8(11)4-5-10(12)13-9/h4-5H,2-3,6-7H2,1H3,(H2,12,13). The molecule has 1 rings (SSSR count). The van der Waals surface area contributed by atoms with Gasteiger partial charge in [-0.1, -0.05) is 24.9 Å². The second-order valence-electron chi connectivity index (χ2n) is 3.07. The molecule has 0 saturated carbocycles. The molecule has 0 spiro atoms. The summed E-state index contributed by atoms with van der Waals surface area (Å²) in [5.41, 5.74) is 6.47. The third-order valence-corrected chi connectivity index (χ3v) is 3.22. The molecule has 2 N–H and O–H groups in total. The number of nitrogens with two attached hydrogens (primary N) is 1. The van der Waals surface area contributed by atoms with Gasteiger partial charge in [0.05, 0.1) is 10.7 Å². The number of thioether (sulfide) groups is 1. The van der Waals surface area contributed by atoms with Crippen LogP contribution in [0.15, 0.2) is 12.1 Å². The van der Waals surface area contributed by atoms with Gasteiger partial charge in [0.15, 0.2) is 0 Å². The van der Waals surface area contributed by atoms with E-state index in [4.69, 9.17) is 17.3 Å². The quantitative estimate of drug-likeness (QED) is 0.789. The molecular formula is C10H15ClN2S. The minimum absolute atomic E-state index is 0.542. The smallest absolute Gasteiger partial charge is 0.123 e. The fraction of sp³-hybridized carbons (Fsp3) is 0.500. The fourth-order valence-corrected chi connectivity index (χ4v) is 2.32. The SMILES string of the molecule is CCCCSCc1nc(N)ccc1Cl. The first-order valence-electron chi connectivity index (χ1n) is 4.72. The average Bonchev–Trinajstić information content (AvgIpc) is 2.18. The number of nitrogens with zero attached hydrogens (tertiary/aromatic N) is 1. The lowest BCUT2D eigenvalue weighted by atomic mass is 10.4. The molecule has 0 fully saturated rings. The predicted octanol–water partition coefficient (Wildman–Crippen LogP) is 3.35. The highest BCUT2D eigenvalue weighted by Gasteiger charge is 2.02. The van der Waals surface area contributed by atoms with Crippen LogP contribution < -0.4 is 5.73 Å². The first-order valence-corrected chi connectivity index (χ1v) is 6.26. The van der Waals surface area contributed by atoms with Crippen molar-refractivity contribution < 1.29 is 0 Å². The van der Waals surface area contributed by atoms with Crippen LogP contribution in [0.4, 0.5) is 5.82 Å². The molecule has 1 heterocycles. The minimum atomic E-state index is 0.542. The Hall–Kier alpha value is -0.410. The molecule has 0 aromatic carbocycles. The molecular weight excluding hydrogens is 216 g/mol. The summed E-state index contributed by atoms with van der Waals surface area (Å²) >= 11 is 7.83. The second kappa shape index (κ2) is 6.14. The number of aromatic nitrogens is 1. The Bertz CT molecular complexity index is 291. The highest BCUT2D eigenvalue weighted by molar-refractivity contribution is 7.98. The molecule has 0 bridgehead atoms. The van der Waals surface area contributed by atoms with Gasteiger partial charge in [-0.05, 0) is 24.3 Å². The van der Waals surface area contributed by atoms with Gasteiger partial charge < -0.3 is 5.73 Å². The zero-order valence-electron chi connectivity index (χ0n) is 8.29. The summed E-state index contributed by atoms with van der Waals surface area (Å²) in [7, 11) is 0. The molecule has 78 valence electrons. The third-order valence-electron chi connectivity index (χ3n) is 1.82. The zero-order valence-corrected chi connectivity index (χ0v) is 9.87. The molecule has 1 aromatic rings. The van der Waals surface area contributed by atoms with Crippen molar-refractivity contribution in [2.75, 3.05) is 11.5 Å². The Morgan fingerprint density at radius 1 is 1.50 bits per heavy atom. The average molecular weight is 231 g/mol. The van der Waals surface area contributed by atoms with Crippen LogP contribution in [0, 0.1) is 0 Å². The molecule has 2 nitrogen and oxygen atoms in total. The summed E-state index contributed by atoms with van der Waals surface area (Å²) in [4.78, 5) is 4.20. The summed E-state index contributed by atoms with van der Waals surface area (Å²) in [6.07, 6.45) is 2.47. The Morgan fingerprint density at radius 3 is 3.00 bits per heavy atom. The molecule has 0 aliphatic heterocycles. The van der Waals surface area contributed by atoms with E-state index in [0.29, 0.717) is 10.8 Å². The van der Waals surface area contributed by atoms with Crippen LogP contribution in [-0.2, 0) is 5.75 Å². The van der Waals surface area contributed by atoms with Gasteiger partial charge in [0.2, 0.25) is 0 Å². The number of rotatable bonds is 5. The lowest BCUT2D eigenvalue weighted by Gasteiger charge is -2.03. The first-order chi connectivity index (χ1) is 6.74. The molecule has 0 atom stereocenters. The number of unbranched alkanes of at least 4 members (excludes halogenated alkanes) is 1. The summed E-state index contributed by atoms with van der Waals surface area (Å²) in [5, 5.41) is 0.711. The fourth-order valence-electron chi connectivity index (χ4n) is 1.02. The number of hydrogen-bond acceptors (Lipinski definition) is 3. The van der Waals surface area contributed by atoms with Crippen molar-refractivity contribution in [1.29, 1.82) is 0 Å². The van der Waals surface area contributed by atoms with Crippen molar-refractivity contribution in [1.82, 2.24) is 4.98 Å². The molecule has 1 aromatic heterocycles. The molecule has 0 saturated heterocycles. The molecule has 0 radical (unpaired) electrons. The Labute approximate surface area is 94.2 Å². The lowest BCUT2D eigenvalue weighted by Crippen LogP contribution is -1.95. The highest BCUT2D eigenvalue weighted by atomic mass is 35.5. The Morgan fingerprint density at radius 2 is 2.29 bits per heavy atom. The van der Waals surface area contributed by atoms with E-state index in [2.05, 4.69) is 11.9 Å². The van der Waals surface area contributed by atoms with Crippen LogP contribution in [0.5, 0.6) is 0 Å². The summed E-state index contributed by atoms with van der Waals surface area (Å²) < 4.78 is 0. The summed E-state index contributed by atoms with van der Waals surface area (Å²) in [5.74, 6) is 2.55. The molecule has 4 heteroatoms. The minimum Gasteiger partial charge on any atom is -0.384 e. The summed E-state index contributed by atoms with van der Waals surface area (Å²) in [6.45, 7) is 2.19. The maximum Gasteiger partial charge on any atom is 0.123 e. The van der Waals surface area contributed by atoms with Gasteiger partial charge in [-0.15, -0.1) is 0 Å². The van der Waals surface area contributed by atoms with Gasteiger partial charge in [0.1, 0.15) is 5.82 Å². The van der Waals surface area contributed by atoms with Crippen molar-refractivity contribution >= 4 is 29.2 Å². The van der Waals surface area contributed by atoms with Crippen molar-refractivity contribution in [2.45, 2.75) is 25.5 Å². The molecule has 0 unspecified atom stereocenters. The number of halogens is 1. The van der Waals surface area contributed by atoms with E-state index in [9.17, 15) is 0 Å². The van der Waals surface area contributed by atoms with Crippen LogP contribution in [0.2, 0.25) is 5.02 Å². The van der Waals surface area contributed by atoms with Gasteiger partial charge in [0.25, 0.3) is 0 Å². The van der Waals surface area contributed by atoms with Gasteiger partial charge in [-0.3, -0.25) is 0 Å². The van der Waals surface area contributed by atoms with Crippen molar-refractivity contribution in [3.05, 3.63) is 22.8 Å². The van der Waals surface area contributed by atoms with Gasteiger partial charge in [-0.2, -0.15) is 11.8 Å². The van der Waals surface area contributed by atoms with Crippen LogP contribution in [0.3, 0.4) is 0 Å². The van der Waals surface area contributed by atoms with E-state index in [1.54, 1.807) is 12.1 Å². The third kappa shape index (κ3) is 3.76. The van der Waals surface area contributed by atoms with E-state index in [0.717, 1.165) is 17.2 Å². The molecule has 0 amide bonds. The van der Waals surface area contributed by atoms with E-state index >= 15 is 0 Å². The second-order valence-corrected chi connectivity index (χ2v) is 4.58. The first kappa shape index (κ1) is 11.7. The number of pyridine rings is 1. The van der Waals surface area contributed by atoms with E-state index < -0.39 is 0 Å². The maximum absolute atomic E-state index is 5.98. The van der Waals surface area contributed by atoms with Crippen LogP contribution >= 0.6 is 23.4 Å². The van der Waals surface area contributed by atoms with E-state index in [1.165, 1.54) is 12.8 Å². The maximum atomic E-state index is 5.98. The van der Waals surface area contributed by atoms with Crippen molar-refractivity contribution in [2.24, 2.45) is 0 Å². The Kier molecular flexibility index (Phi) is 5.12. The van der Waals surface area contributed by atoms with Gasteiger partial charge in [-0.25, -0.2) is 4.98 Å². The number of anilines is 1. The van der Waals surface area contributed by atoms with Crippen molar-refractivity contribution in [3.8, 4) is 0 Å².